The maximum absolute atomic E-state index is 5.93. The van der Waals surface area contributed by atoms with Crippen LogP contribution in [-0.2, 0) is 9.47 Å². The van der Waals surface area contributed by atoms with E-state index in [1.165, 1.54) is 6.33 Å². The number of ether oxygens (including phenoxy) is 2. The summed E-state index contributed by atoms with van der Waals surface area (Å²) in [5.41, 5.74) is 6.72. The molecule has 8 heteroatoms. The lowest BCUT2D eigenvalue weighted by atomic mass is 10.2. The first-order valence-electron chi connectivity index (χ1n) is 6.61. The summed E-state index contributed by atoms with van der Waals surface area (Å²) in [6.07, 6.45) is 4.16. The molecule has 3 heterocycles. The molecular weight excluding hydrogens is 373 g/mol. The van der Waals surface area contributed by atoms with Crippen molar-refractivity contribution in [2.24, 2.45) is 0 Å². The minimum atomic E-state index is -0.410. The number of rotatable bonds is 1. The SMILES string of the molecule is Nc1ncnc2c1c(I)nn2C1CCC2(C1)OCCO2. The van der Waals surface area contributed by atoms with Crippen LogP contribution in [0.4, 0.5) is 5.82 Å². The number of aromatic nitrogens is 4. The van der Waals surface area contributed by atoms with Crippen LogP contribution >= 0.6 is 22.6 Å². The van der Waals surface area contributed by atoms with Gasteiger partial charge >= 0.3 is 0 Å². The van der Waals surface area contributed by atoms with Gasteiger partial charge in [-0.05, 0) is 29.0 Å². The molecule has 0 bridgehead atoms. The van der Waals surface area contributed by atoms with Crippen LogP contribution in [0.2, 0.25) is 0 Å². The van der Waals surface area contributed by atoms with Crippen LogP contribution in [0.25, 0.3) is 11.0 Å². The summed E-state index contributed by atoms with van der Waals surface area (Å²) in [5.74, 6) is 0.0687. The summed E-state index contributed by atoms with van der Waals surface area (Å²) in [5, 5.41) is 5.43. The summed E-state index contributed by atoms with van der Waals surface area (Å²) in [7, 11) is 0. The first-order valence-corrected chi connectivity index (χ1v) is 7.68. The van der Waals surface area contributed by atoms with E-state index >= 15 is 0 Å². The molecule has 1 spiro atoms. The van der Waals surface area contributed by atoms with Gasteiger partial charge in [-0.2, -0.15) is 5.10 Å². The number of hydrogen-bond donors (Lipinski definition) is 1. The minimum Gasteiger partial charge on any atom is -0.383 e. The van der Waals surface area contributed by atoms with Gasteiger partial charge in [-0.3, -0.25) is 0 Å². The summed E-state index contributed by atoms with van der Waals surface area (Å²) in [4.78, 5) is 8.38. The van der Waals surface area contributed by atoms with Gasteiger partial charge in [0.2, 0.25) is 0 Å². The highest BCUT2D eigenvalue weighted by atomic mass is 127. The lowest BCUT2D eigenvalue weighted by Crippen LogP contribution is -2.26. The van der Waals surface area contributed by atoms with E-state index in [1.54, 1.807) is 0 Å². The second-order valence-electron chi connectivity index (χ2n) is 5.20. The van der Waals surface area contributed by atoms with E-state index < -0.39 is 5.79 Å². The van der Waals surface area contributed by atoms with Crippen LogP contribution in [-0.4, -0.2) is 38.7 Å². The molecule has 1 saturated heterocycles. The van der Waals surface area contributed by atoms with Gasteiger partial charge in [-0.25, -0.2) is 14.6 Å². The van der Waals surface area contributed by atoms with Gasteiger partial charge in [0.1, 0.15) is 15.8 Å². The number of fused-ring (bicyclic) bond motifs is 1. The van der Waals surface area contributed by atoms with E-state index in [-0.39, 0.29) is 6.04 Å². The van der Waals surface area contributed by atoms with E-state index in [9.17, 15) is 0 Å². The second kappa shape index (κ2) is 4.50. The Balaban J connectivity index is 1.75. The highest BCUT2D eigenvalue weighted by molar-refractivity contribution is 14.1. The van der Waals surface area contributed by atoms with Gasteiger partial charge in [0.25, 0.3) is 0 Å². The smallest absolute Gasteiger partial charge is 0.170 e. The molecule has 2 aromatic rings. The van der Waals surface area contributed by atoms with Crippen LogP contribution in [0.15, 0.2) is 6.33 Å². The highest BCUT2D eigenvalue weighted by Crippen LogP contribution is 2.44. The van der Waals surface area contributed by atoms with Crippen LogP contribution in [0.3, 0.4) is 0 Å². The fourth-order valence-corrected chi connectivity index (χ4v) is 3.88. The van der Waals surface area contributed by atoms with E-state index in [2.05, 4.69) is 37.7 Å². The normalized spacial score (nSPS) is 24.9. The third-order valence-corrected chi connectivity index (χ3v) is 4.80. The topological polar surface area (TPSA) is 88.1 Å². The van der Waals surface area contributed by atoms with Gasteiger partial charge in [0.05, 0.1) is 24.6 Å². The average Bonchev–Trinajstić information content (AvgIpc) is 3.12. The lowest BCUT2D eigenvalue weighted by molar-refractivity contribution is -0.152. The van der Waals surface area contributed by atoms with Crippen molar-refractivity contribution in [2.45, 2.75) is 31.1 Å². The quantitative estimate of drug-likeness (QED) is 0.746. The van der Waals surface area contributed by atoms with Crippen molar-refractivity contribution in [3.8, 4) is 0 Å². The predicted molar refractivity (Wildman–Crippen MR) is 80.0 cm³/mol. The van der Waals surface area contributed by atoms with Gasteiger partial charge in [0.15, 0.2) is 11.4 Å². The second-order valence-corrected chi connectivity index (χ2v) is 6.22. The predicted octanol–water partition coefficient (Wildman–Crippen LogP) is 1.48. The van der Waals surface area contributed by atoms with Crippen molar-refractivity contribution in [3.05, 3.63) is 10.0 Å². The van der Waals surface area contributed by atoms with Gasteiger partial charge in [-0.1, -0.05) is 0 Å². The molecule has 1 aliphatic heterocycles. The monoisotopic (exact) mass is 387 g/mol. The van der Waals surface area contributed by atoms with Gasteiger partial charge in [0, 0.05) is 12.8 Å². The van der Waals surface area contributed by atoms with E-state index in [4.69, 9.17) is 15.2 Å². The summed E-state index contributed by atoms with van der Waals surface area (Å²) < 4.78 is 14.3. The molecule has 1 aliphatic carbocycles. The molecular formula is C12H14IN5O2. The van der Waals surface area contributed by atoms with Crippen molar-refractivity contribution in [2.75, 3.05) is 18.9 Å². The van der Waals surface area contributed by atoms with E-state index in [0.29, 0.717) is 19.0 Å². The molecule has 2 aliphatic rings. The Morgan fingerprint density at radius 3 is 2.95 bits per heavy atom. The van der Waals surface area contributed by atoms with Gasteiger partial charge in [-0.15, -0.1) is 0 Å². The average molecular weight is 387 g/mol. The fraction of sp³-hybridized carbons (Fsp3) is 0.583. The number of anilines is 1. The number of nitrogens with two attached hydrogens (primary N) is 1. The van der Waals surface area contributed by atoms with Crippen molar-refractivity contribution in [3.63, 3.8) is 0 Å². The molecule has 0 radical (unpaired) electrons. The van der Waals surface area contributed by atoms with Crippen LogP contribution in [0, 0.1) is 3.70 Å². The summed E-state index contributed by atoms with van der Waals surface area (Å²) >= 11 is 2.18. The van der Waals surface area contributed by atoms with Crippen LogP contribution in [0.5, 0.6) is 0 Å². The Bertz CT molecular complexity index is 667. The van der Waals surface area contributed by atoms with Crippen LogP contribution < -0.4 is 5.73 Å². The molecule has 20 heavy (non-hydrogen) atoms. The Hall–Kier alpha value is -1.00. The first kappa shape index (κ1) is 12.7. The zero-order chi connectivity index (χ0) is 13.7. The Morgan fingerprint density at radius 1 is 1.35 bits per heavy atom. The Morgan fingerprint density at radius 2 is 2.15 bits per heavy atom. The first-order chi connectivity index (χ1) is 9.69. The third-order valence-electron chi connectivity index (χ3n) is 4.04. The van der Waals surface area contributed by atoms with Crippen molar-refractivity contribution in [1.82, 2.24) is 19.7 Å². The molecule has 2 aromatic heterocycles. The highest BCUT2D eigenvalue weighted by Gasteiger charge is 2.45. The van der Waals surface area contributed by atoms with E-state index in [1.807, 2.05) is 4.68 Å². The lowest BCUT2D eigenvalue weighted by Gasteiger charge is -2.21. The number of hydrogen-bond acceptors (Lipinski definition) is 6. The van der Waals surface area contributed by atoms with Crippen molar-refractivity contribution in [1.29, 1.82) is 0 Å². The zero-order valence-electron chi connectivity index (χ0n) is 10.8. The molecule has 1 saturated carbocycles. The molecule has 106 valence electrons. The van der Waals surface area contributed by atoms with Crippen LogP contribution in [0.1, 0.15) is 25.3 Å². The molecule has 0 amide bonds. The number of halogens is 1. The molecule has 1 atom stereocenters. The maximum atomic E-state index is 5.93. The maximum Gasteiger partial charge on any atom is 0.170 e. The number of nitrogens with zero attached hydrogens (tertiary/aromatic N) is 4. The Kier molecular flexibility index (Phi) is 2.86. The standard InChI is InChI=1S/C12H14IN5O2/c13-9-8-10(14)15-6-16-11(8)18(17-9)7-1-2-12(5-7)19-3-4-20-12/h6-7H,1-5H2,(H2,14,15,16). The van der Waals surface area contributed by atoms with E-state index in [0.717, 1.165) is 34.0 Å². The van der Waals surface area contributed by atoms with Gasteiger partial charge < -0.3 is 15.2 Å². The van der Waals surface area contributed by atoms with Crippen molar-refractivity contribution < 1.29 is 9.47 Å². The van der Waals surface area contributed by atoms with Crippen molar-refractivity contribution >= 4 is 39.4 Å². The molecule has 7 nitrogen and oxygen atoms in total. The molecule has 1 unspecified atom stereocenters. The zero-order valence-corrected chi connectivity index (χ0v) is 12.9. The molecule has 0 aromatic carbocycles. The Labute approximate surface area is 129 Å². The minimum absolute atomic E-state index is 0.230. The summed E-state index contributed by atoms with van der Waals surface area (Å²) in [6.45, 7) is 1.36. The summed E-state index contributed by atoms with van der Waals surface area (Å²) in [6, 6.07) is 0.230. The largest absolute Gasteiger partial charge is 0.383 e. The number of nitrogen functional groups attached to an aromatic ring is 1. The fourth-order valence-electron chi connectivity index (χ4n) is 3.13. The third kappa shape index (κ3) is 1.81. The molecule has 2 fully saturated rings. The molecule has 4 rings (SSSR count). The molecule has 2 N–H and O–H groups in total.